The number of fused-ring (bicyclic) bond motifs is 2. The van der Waals surface area contributed by atoms with Crippen LogP contribution in [0, 0.1) is 12.7 Å². The van der Waals surface area contributed by atoms with Crippen molar-refractivity contribution in [2.45, 2.75) is 19.4 Å². The van der Waals surface area contributed by atoms with Gasteiger partial charge in [0, 0.05) is 31.6 Å². The van der Waals surface area contributed by atoms with E-state index in [0.717, 1.165) is 16.9 Å². The van der Waals surface area contributed by atoms with Gasteiger partial charge in [0.1, 0.15) is 11.6 Å². The van der Waals surface area contributed by atoms with Gasteiger partial charge in [0.25, 0.3) is 5.91 Å². The molecule has 6 nitrogen and oxygen atoms in total. The lowest BCUT2D eigenvalue weighted by atomic mass is 10.00. The number of nitrogens with one attached hydrogen (secondary N) is 1. The molecule has 1 aliphatic heterocycles. The number of carbonyl (C=O) groups excluding carboxylic acids is 1. The van der Waals surface area contributed by atoms with Crippen molar-refractivity contribution in [3.63, 3.8) is 0 Å². The summed E-state index contributed by atoms with van der Waals surface area (Å²) in [5, 5.41) is 8.07. The summed E-state index contributed by atoms with van der Waals surface area (Å²) in [4.78, 5) is 15.3. The average Bonchev–Trinajstić information content (AvgIpc) is 3.16. The Bertz CT molecular complexity index is 1470. The van der Waals surface area contributed by atoms with E-state index in [0.29, 0.717) is 41.1 Å². The lowest BCUT2D eigenvalue weighted by Crippen LogP contribution is -2.33. The van der Waals surface area contributed by atoms with E-state index in [1.165, 1.54) is 18.3 Å². The summed E-state index contributed by atoms with van der Waals surface area (Å²) < 4.78 is 21.6. The molecule has 0 aliphatic carbocycles. The lowest BCUT2D eigenvalue weighted by molar-refractivity contribution is 0.0925. The maximum absolute atomic E-state index is 14.2. The monoisotopic (exact) mass is 512 g/mol. The highest BCUT2D eigenvalue weighted by atomic mass is 35.5. The van der Waals surface area contributed by atoms with Crippen LogP contribution in [0.4, 0.5) is 10.1 Å². The molecule has 0 bridgehead atoms. The van der Waals surface area contributed by atoms with Crippen LogP contribution in [0.2, 0.25) is 10.0 Å². The molecule has 0 fully saturated rings. The molecule has 35 heavy (non-hydrogen) atoms. The largest absolute Gasteiger partial charge is 0.493 e. The molecular formula is C26H23Cl2FN4O2. The highest BCUT2D eigenvalue weighted by Crippen LogP contribution is 2.39. The first-order valence-corrected chi connectivity index (χ1v) is 11.9. The number of anilines is 1. The number of rotatable bonds is 4. The second-order valence-corrected chi connectivity index (χ2v) is 9.51. The molecule has 0 saturated heterocycles. The standard InChI is InChI=1S/C26H23Cl2FN4O2/c1-14-10-21-25(32(2)3)18(26(34)31-20-8-9-35-22-7-5-4-6-16(20)22)13-30-33(21)24(14)17-11-15(29)12-19(27)23(17)28/h4-7,10-13,20H,8-9H2,1-3H3,(H,31,34)/t20-/m0/s1. The lowest BCUT2D eigenvalue weighted by Gasteiger charge is -2.27. The minimum absolute atomic E-state index is 0.122. The minimum atomic E-state index is -0.496. The maximum Gasteiger partial charge on any atom is 0.255 e. The Kier molecular flexibility index (Phi) is 6.07. The number of halogens is 3. The van der Waals surface area contributed by atoms with E-state index in [2.05, 4.69) is 10.4 Å². The zero-order valence-electron chi connectivity index (χ0n) is 19.4. The van der Waals surface area contributed by atoms with Gasteiger partial charge in [-0.1, -0.05) is 41.4 Å². The number of benzene rings is 2. The van der Waals surface area contributed by atoms with Gasteiger partial charge < -0.3 is 15.0 Å². The first-order valence-electron chi connectivity index (χ1n) is 11.1. The van der Waals surface area contributed by atoms with Crippen LogP contribution in [0.1, 0.15) is 33.9 Å². The number of carbonyl (C=O) groups is 1. The van der Waals surface area contributed by atoms with Crippen LogP contribution in [0.25, 0.3) is 16.8 Å². The summed E-state index contributed by atoms with van der Waals surface area (Å²) in [7, 11) is 3.73. The van der Waals surface area contributed by atoms with Gasteiger partial charge in [-0.15, -0.1) is 0 Å². The molecule has 5 rings (SSSR count). The van der Waals surface area contributed by atoms with Crippen LogP contribution >= 0.6 is 23.2 Å². The highest BCUT2D eigenvalue weighted by molar-refractivity contribution is 6.43. The fourth-order valence-electron chi connectivity index (χ4n) is 4.64. The molecular weight excluding hydrogens is 490 g/mol. The normalized spacial score (nSPS) is 15.0. The van der Waals surface area contributed by atoms with Gasteiger partial charge in [-0.2, -0.15) is 5.10 Å². The molecule has 1 amide bonds. The Morgan fingerprint density at radius 1 is 1.23 bits per heavy atom. The zero-order valence-corrected chi connectivity index (χ0v) is 20.9. The molecule has 1 N–H and O–H groups in total. The molecule has 1 atom stereocenters. The molecule has 9 heteroatoms. The summed E-state index contributed by atoms with van der Waals surface area (Å²) >= 11 is 12.6. The molecule has 2 aromatic heterocycles. The summed E-state index contributed by atoms with van der Waals surface area (Å²) in [6.45, 7) is 2.41. The molecule has 0 saturated carbocycles. The van der Waals surface area contributed by atoms with Crippen molar-refractivity contribution >= 4 is 40.3 Å². The van der Waals surface area contributed by atoms with Gasteiger partial charge in [0.15, 0.2) is 0 Å². The van der Waals surface area contributed by atoms with Crippen LogP contribution in [0.5, 0.6) is 5.75 Å². The fraction of sp³-hybridized carbons (Fsp3) is 0.231. The number of aromatic nitrogens is 2. The Hall–Kier alpha value is -3.29. The van der Waals surface area contributed by atoms with Crippen molar-refractivity contribution in [1.29, 1.82) is 0 Å². The van der Waals surface area contributed by atoms with Crippen molar-refractivity contribution in [1.82, 2.24) is 14.9 Å². The smallest absolute Gasteiger partial charge is 0.255 e. The predicted molar refractivity (Wildman–Crippen MR) is 136 cm³/mol. The second kappa shape index (κ2) is 9.06. The van der Waals surface area contributed by atoms with E-state index in [-0.39, 0.29) is 22.0 Å². The number of ether oxygens (including phenoxy) is 1. The molecule has 2 aromatic carbocycles. The molecule has 3 heterocycles. The van der Waals surface area contributed by atoms with E-state index in [9.17, 15) is 9.18 Å². The molecule has 0 spiro atoms. The van der Waals surface area contributed by atoms with E-state index in [4.69, 9.17) is 27.9 Å². The SMILES string of the molecule is Cc1cc2c(N(C)C)c(C(=O)N[C@H]3CCOc4ccccc43)cnn2c1-c1cc(F)cc(Cl)c1Cl. The molecule has 0 unspecified atom stereocenters. The third-order valence-electron chi connectivity index (χ3n) is 6.17. The Labute approximate surface area is 212 Å². The minimum Gasteiger partial charge on any atom is -0.493 e. The average molecular weight is 513 g/mol. The van der Waals surface area contributed by atoms with Gasteiger partial charge in [-0.05, 0) is 36.8 Å². The Morgan fingerprint density at radius 3 is 2.77 bits per heavy atom. The topological polar surface area (TPSA) is 58.9 Å². The first kappa shape index (κ1) is 23.5. The van der Waals surface area contributed by atoms with E-state index >= 15 is 0 Å². The molecule has 0 radical (unpaired) electrons. The highest BCUT2D eigenvalue weighted by Gasteiger charge is 2.27. The van der Waals surface area contributed by atoms with Crippen molar-refractivity contribution in [3.8, 4) is 17.0 Å². The van der Waals surface area contributed by atoms with Crippen molar-refractivity contribution in [3.05, 3.63) is 81.2 Å². The molecule has 180 valence electrons. The van der Waals surface area contributed by atoms with Gasteiger partial charge in [-0.25, -0.2) is 8.91 Å². The van der Waals surface area contributed by atoms with Crippen molar-refractivity contribution in [2.24, 2.45) is 0 Å². The Morgan fingerprint density at radius 2 is 2.00 bits per heavy atom. The van der Waals surface area contributed by atoms with Gasteiger partial charge in [-0.3, -0.25) is 4.79 Å². The number of hydrogen-bond acceptors (Lipinski definition) is 4. The number of hydrogen-bond donors (Lipinski definition) is 1. The Balaban J connectivity index is 1.60. The van der Waals surface area contributed by atoms with Crippen LogP contribution in [-0.4, -0.2) is 36.2 Å². The summed E-state index contributed by atoms with van der Waals surface area (Å²) in [6.07, 6.45) is 2.20. The van der Waals surface area contributed by atoms with E-state index < -0.39 is 5.82 Å². The third kappa shape index (κ3) is 4.09. The number of amides is 1. The van der Waals surface area contributed by atoms with E-state index in [1.807, 2.05) is 56.3 Å². The van der Waals surface area contributed by atoms with Gasteiger partial charge >= 0.3 is 0 Å². The maximum atomic E-state index is 14.2. The zero-order chi connectivity index (χ0) is 24.9. The third-order valence-corrected chi connectivity index (χ3v) is 6.97. The van der Waals surface area contributed by atoms with Crippen molar-refractivity contribution in [2.75, 3.05) is 25.6 Å². The van der Waals surface area contributed by atoms with Crippen LogP contribution < -0.4 is 15.0 Å². The van der Waals surface area contributed by atoms with E-state index in [1.54, 1.807) is 4.52 Å². The van der Waals surface area contributed by atoms with Crippen molar-refractivity contribution < 1.29 is 13.9 Å². The second-order valence-electron chi connectivity index (χ2n) is 8.72. The van der Waals surface area contributed by atoms with Crippen LogP contribution in [0.15, 0.2) is 48.7 Å². The number of nitrogens with zero attached hydrogens (tertiary/aromatic N) is 3. The fourth-order valence-corrected chi connectivity index (χ4v) is 5.05. The summed E-state index contributed by atoms with van der Waals surface area (Å²) in [5.41, 5.74) is 4.62. The van der Waals surface area contributed by atoms with Gasteiger partial charge in [0.05, 0.1) is 51.4 Å². The number of aryl methyl sites for hydroxylation is 1. The molecule has 4 aromatic rings. The summed E-state index contributed by atoms with van der Waals surface area (Å²) in [6, 6.07) is 12.0. The molecule has 1 aliphatic rings. The first-order chi connectivity index (χ1) is 16.8. The number of para-hydroxylation sites is 1. The summed E-state index contributed by atoms with van der Waals surface area (Å²) in [5.74, 6) is 0.0462. The van der Waals surface area contributed by atoms with Crippen LogP contribution in [-0.2, 0) is 0 Å². The van der Waals surface area contributed by atoms with Crippen LogP contribution in [0.3, 0.4) is 0 Å². The predicted octanol–water partition coefficient (Wildman–Crippen LogP) is 6.08. The quantitative estimate of drug-likeness (QED) is 0.337. The van der Waals surface area contributed by atoms with Gasteiger partial charge in [0.2, 0.25) is 0 Å².